The van der Waals surface area contributed by atoms with Crippen LogP contribution in [0, 0.1) is 53.3 Å². The van der Waals surface area contributed by atoms with Crippen molar-refractivity contribution in [2.75, 3.05) is 0 Å². The molecule has 8 unspecified atom stereocenters. The fourth-order valence-corrected chi connectivity index (χ4v) is 6.50. The van der Waals surface area contributed by atoms with Crippen LogP contribution in [0.25, 0.3) is 0 Å². The number of hydrogen-bond donors (Lipinski definition) is 2. The van der Waals surface area contributed by atoms with Crippen molar-refractivity contribution in [2.45, 2.75) is 92.7 Å². The molecule has 0 aromatic rings. The first kappa shape index (κ1) is 21.2. The van der Waals surface area contributed by atoms with Gasteiger partial charge in [-0.1, -0.05) is 54.9 Å². The minimum atomic E-state index is 0.399. The summed E-state index contributed by atoms with van der Waals surface area (Å²) >= 11 is 0. The van der Waals surface area contributed by atoms with Crippen LogP contribution in [0.15, 0.2) is 0 Å². The highest BCUT2D eigenvalue weighted by Crippen LogP contribution is 2.48. The van der Waals surface area contributed by atoms with E-state index in [0.29, 0.717) is 47.6 Å². The quantitative estimate of drug-likeness (QED) is 0.706. The predicted octanol–water partition coefficient (Wildman–Crippen LogP) is 5.30. The van der Waals surface area contributed by atoms with E-state index in [1.807, 2.05) is 0 Å². The maximum Gasteiger partial charge on any atom is 0.00956 e. The Labute approximate surface area is 157 Å². The van der Waals surface area contributed by atoms with Gasteiger partial charge in [0.1, 0.15) is 0 Å². The van der Waals surface area contributed by atoms with Crippen molar-refractivity contribution < 1.29 is 0 Å². The molecule has 0 heterocycles. The highest BCUT2D eigenvalue weighted by Gasteiger charge is 2.43. The molecular formula is C23H46N2. The monoisotopic (exact) mass is 350 g/mol. The van der Waals surface area contributed by atoms with Crippen LogP contribution < -0.4 is 11.5 Å². The minimum Gasteiger partial charge on any atom is -0.327 e. The third-order valence-corrected chi connectivity index (χ3v) is 8.20. The summed E-state index contributed by atoms with van der Waals surface area (Å²) in [5, 5.41) is 0. The van der Waals surface area contributed by atoms with Gasteiger partial charge in [0.25, 0.3) is 0 Å². The first-order valence-electron chi connectivity index (χ1n) is 11.2. The van der Waals surface area contributed by atoms with Gasteiger partial charge in [-0.15, -0.1) is 0 Å². The van der Waals surface area contributed by atoms with Gasteiger partial charge in [-0.3, -0.25) is 0 Å². The Morgan fingerprint density at radius 3 is 1.36 bits per heavy atom. The van der Waals surface area contributed by atoms with Crippen molar-refractivity contribution in [3.05, 3.63) is 0 Å². The molecule has 8 atom stereocenters. The summed E-state index contributed by atoms with van der Waals surface area (Å²) in [6.07, 6.45) is 6.71. The first-order chi connectivity index (χ1) is 11.7. The average Bonchev–Trinajstić information content (AvgIpc) is 2.53. The minimum absolute atomic E-state index is 0.399. The Kier molecular flexibility index (Phi) is 7.42. The number of nitrogens with two attached hydrogens (primary N) is 2. The van der Waals surface area contributed by atoms with Crippen molar-refractivity contribution in [2.24, 2.45) is 64.7 Å². The van der Waals surface area contributed by atoms with Gasteiger partial charge in [0.15, 0.2) is 0 Å². The molecule has 0 aliphatic heterocycles. The van der Waals surface area contributed by atoms with Crippen LogP contribution in [0.5, 0.6) is 0 Å². The molecule has 4 N–H and O–H groups in total. The molecule has 25 heavy (non-hydrogen) atoms. The molecule has 2 aliphatic rings. The Bertz CT molecular complexity index is 369. The van der Waals surface area contributed by atoms with E-state index < -0.39 is 0 Å². The normalized spacial score (nSPS) is 44.3. The number of rotatable bonds is 5. The van der Waals surface area contributed by atoms with Gasteiger partial charge in [0.05, 0.1) is 0 Å². The van der Waals surface area contributed by atoms with E-state index in [1.54, 1.807) is 0 Å². The molecule has 0 saturated heterocycles. The van der Waals surface area contributed by atoms with E-state index in [-0.39, 0.29) is 0 Å². The van der Waals surface area contributed by atoms with Crippen molar-refractivity contribution in [3.8, 4) is 0 Å². The lowest BCUT2D eigenvalue weighted by atomic mass is 9.58. The van der Waals surface area contributed by atoms with Gasteiger partial charge in [0.2, 0.25) is 0 Å². The zero-order chi connectivity index (χ0) is 18.9. The summed E-state index contributed by atoms with van der Waals surface area (Å²) < 4.78 is 0. The van der Waals surface area contributed by atoms with E-state index >= 15 is 0 Å². The second kappa shape index (κ2) is 8.74. The van der Waals surface area contributed by atoms with Gasteiger partial charge in [-0.2, -0.15) is 0 Å². The van der Waals surface area contributed by atoms with Crippen LogP contribution in [0.1, 0.15) is 80.6 Å². The first-order valence-corrected chi connectivity index (χ1v) is 11.2. The van der Waals surface area contributed by atoms with Crippen molar-refractivity contribution in [3.63, 3.8) is 0 Å². The van der Waals surface area contributed by atoms with Crippen LogP contribution in [0.2, 0.25) is 0 Å². The predicted molar refractivity (Wildman–Crippen MR) is 110 cm³/mol. The molecule has 0 aromatic carbocycles. The van der Waals surface area contributed by atoms with Crippen LogP contribution in [0.4, 0.5) is 0 Å². The maximum absolute atomic E-state index is 6.59. The largest absolute Gasteiger partial charge is 0.327 e. The summed E-state index contributed by atoms with van der Waals surface area (Å²) in [5.74, 6) is 6.76. The van der Waals surface area contributed by atoms with Gasteiger partial charge in [-0.25, -0.2) is 0 Å². The van der Waals surface area contributed by atoms with Crippen molar-refractivity contribution in [1.82, 2.24) is 0 Å². The third kappa shape index (κ3) is 4.61. The van der Waals surface area contributed by atoms with Gasteiger partial charge in [0, 0.05) is 12.1 Å². The molecule has 2 fully saturated rings. The molecule has 2 saturated carbocycles. The molecule has 0 bridgehead atoms. The van der Waals surface area contributed by atoms with E-state index in [1.165, 1.54) is 32.1 Å². The maximum atomic E-state index is 6.59. The second-order valence-electron chi connectivity index (χ2n) is 10.5. The summed E-state index contributed by atoms with van der Waals surface area (Å²) in [4.78, 5) is 0. The molecule has 2 heteroatoms. The molecular weight excluding hydrogens is 304 g/mol. The Morgan fingerprint density at radius 1 is 0.720 bits per heavy atom. The summed E-state index contributed by atoms with van der Waals surface area (Å²) in [5.41, 5.74) is 13.2. The number of hydrogen-bond acceptors (Lipinski definition) is 2. The summed E-state index contributed by atoms with van der Waals surface area (Å²) in [6.45, 7) is 16.7. The Morgan fingerprint density at radius 2 is 1.08 bits per heavy atom. The van der Waals surface area contributed by atoms with E-state index in [2.05, 4.69) is 48.5 Å². The molecule has 0 aromatic heterocycles. The molecule has 0 spiro atoms. The molecule has 0 amide bonds. The van der Waals surface area contributed by atoms with E-state index in [0.717, 1.165) is 17.8 Å². The second-order valence-corrected chi connectivity index (χ2v) is 10.5. The molecule has 148 valence electrons. The molecule has 0 radical (unpaired) electrons. The van der Waals surface area contributed by atoms with Gasteiger partial charge in [-0.05, 0) is 78.9 Å². The third-order valence-electron chi connectivity index (χ3n) is 8.20. The molecule has 2 rings (SSSR count). The van der Waals surface area contributed by atoms with E-state index in [4.69, 9.17) is 11.5 Å². The van der Waals surface area contributed by atoms with Crippen LogP contribution in [-0.2, 0) is 0 Å². The molecule has 2 nitrogen and oxygen atoms in total. The van der Waals surface area contributed by atoms with E-state index in [9.17, 15) is 0 Å². The lowest BCUT2D eigenvalue weighted by Crippen LogP contribution is -2.49. The van der Waals surface area contributed by atoms with Crippen molar-refractivity contribution >= 4 is 0 Å². The SMILES string of the molecule is CCC(C1CC(C)C(N)C(C(C)C)C1)C1CC(C)C(N)C(C(C)C)C1. The Balaban J connectivity index is 2.15. The standard InChI is InChI=1S/C23H46N2/c1-8-19(17-9-15(6)22(24)20(11-17)13(2)3)18-10-16(7)23(25)21(12-18)14(4)5/h13-23H,8-12,24-25H2,1-7H3. The van der Waals surface area contributed by atoms with Crippen LogP contribution in [0.3, 0.4) is 0 Å². The van der Waals surface area contributed by atoms with Crippen molar-refractivity contribution in [1.29, 1.82) is 0 Å². The van der Waals surface area contributed by atoms with Crippen LogP contribution >= 0.6 is 0 Å². The summed E-state index contributed by atoms with van der Waals surface area (Å²) in [6, 6.07) is 0.798. The topological polar surface area (TPSA) is 52.0 Å². The lowest BCUT2D eigenvalue weighted by molar-refractivity contribution is 0.0303. The smallest absolute Gasteiger partial charge is 0.00956 e. The highest BCUT2D eigenvalue weighted by molar-refractivity contribution is 4.95. The van der Waals surface area contributed by atoms with Crippen LogP contribution in [-0.4, -0.2) is 12.1 Å². The fourth-order valence-electron chi connectivity index (χ4n) is 6.50. The Hall–Kier alpha value is -0.0800. The zero-order valence-corrected chi connectivity index (χ0v) is 18.0. The zero-order valence-electron chi connectivity index (χ0n) is 18.0. The fraction of sp³-hybridized carbons (Fsp3) is 1.00. The van der Waals surface area contributed by atoms with Gasteiger partial charge < -0.3 is 11.5 Å². The molecule has 2 aliphatic carbocycles. The lowest BCUT2D eigenvalue weighted by Gasteiger charge is -2.49. The highest BCUT2D eigenvalue weighted by atomic mass is 14.7. The summed E-state index contributed by atoms with van der Waals surface area (Å²) in [7, 11) is 0. The van der Waals surface area contributed by atoms with Gasteiger partial charge >= 0.3 is 0 Å². The average molecular weight is 351 g/mol.